The Kier molecular flexibility index (Phi) is 2.99. The zero-order valence-corrected chi connectivity index (χ0v) is 9.68. The third-order valence-electron chi connectivity index (χ3n) is 1.89. The van der Waals surface area contributed by atoms with Gasteiger partial charge >= 0.3 is 0 Å². The van der Waals surface area contributed by atoms with E-state index in [1.54, 1.807) is 24.3 Å². The number of phenols is 1. The highest BCUT2D eigenvalue weighted by Gasteiger charge is 2.12. The van der Waals surface area contributed by atoms with Crippen LogP contribution in [0.25, 0.3) is 11.3 Å². The summed E-state index contributed by atoms with van der Waals surface area (Å²) in [6, 6.07) is 6.63. The average molecular weight is 249 g/mol. The molecule has 0 saturated carbocycles. The topological polar surface area (TPSA) is 82.9 Å². The van der Waals surface area contributed by atoms with Crippen LogP contribution in [0.2, 0.25) is 0 Å². The highest BCUT2D eigenvalue weighted by Crippen LogP contribution is 2.37. The van der Waals surface area contributed by atoms with Gasteiger partial charge in [-0.2, -0.15) is 5.26 Å². The molecule has 0 aliphatic rings. The maximum atomic E-state index is 9.18. The minimum absolute atomic E-state index is 0.196. The maximum absolute atomic E-state index is 9.18. The van der Waals surface area contributed by atoms with Crippen LogP contribution in [0.4, 0.5) is 5.13 Å². The van der Waals surface area contributed by atoms with E-state index in [2.05, 4.69) is 4.98 Å². The van der Waals surface area contributed by atoms with Crippen LogP contribution in [-0.2, 0) is 0 Å². The van der Waals surface area contributed by atoms with E-state index in [9.17, 15) is 5.11 Å². The van der Waals surface area contributed by atoms with Crippen molar-refractivity contribution < 1.29 is 5.11 Å². The molecule has 80 valence electrons. The summed E-state index contributed by atoms with van der Waals surface area (Å²) < 4.78 is 0.769. The number of hydrogen-bond acceptors (Lipinski definition) is 6. The molecule has 3 N–H and O–H groups in total. The molecular weight excluding hydrogens is 242 g/mol. The zero-order valence-electron chi connectivity index (χ0n) is 8.04. The van der Waals surface area contributed by atoms with Crippen molar-refractivity contribution in [2.75, 3.05) is 5.73 Å². The van der Waals surface area contributed by atoms with Crippen molar-refractivity contribution in [2.24, 2.45) is 0 Å². The van der Waals surface area contributed by atoms with Gasteiger partial charge < -0.3 is 10.8 Å². The number of thioether (sulfide) groups is 1. The first-order valence-corrected chi connectivity index (χ1v) is 5.95. The van der Waals surface area contributed by atoms with E-state index >= 15 is 0 Å². The molecule has 0 amide bonds. The van der Waals surface area contributed by atoms with Gasteiger partial charge in [-0.25, -0.2) is 4.98 Å². The Labute approximate surface area is 100 Å². The SMILES string of the molecule is N#CSc1sc(N)nc1-c1ccc(O)cc1. The molecule has 0 atom stereocenters. The summed E-state index contributed by atoms with van der Waals surface area (Å²) in [6.07, 6.45) is 0. The molecule has 0 aliphatic carbocycles. The number of nitriles is 1. The van der Waals surface area contributed by atoms with Crippen molar-refractivity contribution in [2.45, 2.75) is 4.21 Å². The summed E-state index contributed by atoms with van der Waals surface area (Å²) in [5.41, 5.74) is 7.14. The van der Waals surface area contributed by atoms with Crippen molar-refractivity contribution in [3.05, 3.63) is 24.3 Å². The lowest BCUT2D eigenvalue weighted by atomic mass is 10.2. The van der Waals surface area contributed by atoms with E-state index in [1.807, 2.05) is 5.40 Å². The lowest BCUT2D eigenvalue weighted by Gasteiger charge is -1.98. The molecule has 0 aliphatic heterocycles. The number of aromatic nitrogens is 1. The van der Waals surface area contributed by atoms with Crippen molar-refractivity contribution in [3.8, 4) is 22.4 Å². The second kappa shape index (κ2) is 4.43. The van der Waals surface area contributed by atoms with Crippen molar-refractivity contribution in [1.82, 2.24) is 4.98 Å². The van der Waals surface area contributed by atoms with Gasteiger partial charge in [0.2, 0.25) is 0 Å². The highest BCUT2D eigenvalue weighted by atomic mass is 32.2. The molecule has 0 spiro atoms. The summed E-state index contributed by atoms with van der Waals surface area (Å²) in [4.78, 5) is 4.17. The number of thiocyanates is 1. The number of nitrogen functional groups attached to an aromatic ring is 1. The normalized spacial score (nSPS) is 9.94. The molecule has 0 unspecified atom stereocenters. The summed E-state index contributed by atoms with van der Waals surface area (Å²) >= 11 is 2.32. The third-order valence-corrected chi connectivity index (χ3v) is 3.54. The first-order chi connectivity index (χ1) is 7.70. The van der Waals surface area contributed by atoms with Gasteiger partial charge in [0.25, 0.3) is 0 Å². The standard InChI is InChI=1S/C10H7N3OS2/c11-5-15-9-8(13-10(12)16-9)6-1-3-7(14)4-2-6/h1-4,14H,(H2,12,13). The van der Waals surface area contributed by atoms with E-state index in [-0.39, 0.29) is 5.75 Å². The van der Waals surface area contributed by atoms with E-state index in [1.165, 1.54) is 11.3 Å². The smallest absolute Gasteiger partial charge is 0.181 e. The largest absolute Gasteiger partial charge is 0.508 e. The predicted octanol–water partition coefficient (Wildman–Crippen LogP) is 2.67. The number of thiazole rings is 1. The number of anilines is 1. The monoisotopic (exact) mass is 249 g/mol. The molecule has 1 heterocycles. The van der Waals surface area contributed by atoms with Crippen LogP contribution in [0, 0.1) is 10.7 Å². The van der Waals surface area contributed by atoms with Crippen LogP contribution in [-0.4, -0.2) is 10.1 Å². The second-order valence-electron chi connectivity index (χ2n) is 2.93. The Balaban J connectivity index is 2.47. The first-order valence-electron chi connectivity index (χ1n) is 4.32. The number of nitrogens with zero attached hydrogens (tertiary/aromatic N) is 2. The van der Waals surface area contributed by atoms with Crippen LogP contribution in [0.5, 0.6) is 5.75 Å². The summed E-state index contributed by atoms with van der Waals surface area (Å²) in [6.45, 7) is 0. The maximum Gasteiger partial charge on any atom is 0.181 e. The van der Waals surface area contributed by atoms with E-state index in [4.69, 9.17) is 11.0 Å². The minimum atomic E-state index is 0.196. The first kappa shape index (κ1) is 10.8. The van der Waals surface area contributed by atoms with Crippen LogP contribution in [0.15, 0.2) is 28.5 Å². The van der Waals surface area contributed by atoms with E-state index < -0.39 is 0 Å². The molecule has 2 aromatic rings. The Morgan fingerprint density at radius 2 is 2.06 bits per heavy atom. The molecule has 2 rings (SSSR count). The lowest BCUT2D eigenvalue weighted by molar-refractivity contribution is 0.475. The number of nitrogens with two attached hydrogens (primary N) is 1. The molecule has 1 aromatic carbocycles. The fourth-order valence-electron chi connectivity index (χ4n) is 1.23. The van der Waals surface area contributed by atoms with Crippen LogP contribution < -0.4 is 5.73 Å². The highest BCUT2D eigenvalue weighted by molar-refractivity contribution is 8.05. The van der Waals surface area contributed by atoms with Gasteiger partial charge in [0, 0.05) is 17.3 Å². The fourth-order valence-corrected chi connectivity index (χ4v) is 2.70. The number of phenolic OH excluding ortho intramolecular Hbond substituents is 1. The number of aromatic hydroxyl groups is 1. The molecule has 1 aromatic heterocycles. The summed E-state index contributed by atoms with van der Waals surface area (Å²) in [5, 5.41) is 20.3. The molecule has 16 heavy (non-hydrogen) atoms. The average Bonchev–Trinajstić information content (AvgIpc) is 2.61. The lowest BCUT2D eigenvalue weighted by Crippen LogP contribution is -1.83. The molecule has 0 fully saturated rings. The summed E-state index contributed by atoms with van der Waals surface area (Å²) in [5.74, 6) is 0.196. The quantitative estimate of drug-likeness (QED) is 0.631. The predicted molar refractivity (Wildman–Crippen MR) is 65.1 cm³/mol. The second-order valence-corrected chi connectivity index (χ2v) is 5.01. The minimum Gasteiger partial charge on any atom is -0.508 e. The Morgan fingerprint density at radius 1 is 1.38 bits per heavy atom. The van der Waals surface area contributed by atoms with Crippen LogP contribution >= 0.6 is 23.1 Å². The molecule has 0 radical (unpaired) electrons. The molecule has 0 saturated heterocycles. The number of benzene rings is 1. The van der Waals surface area contributed by atoms with Crippen molar-refractivity contribution >= 4 is 28.2 Å². The van der Waals surface area contributed by atoms with Gasteiger partial charge in [0.05, 0.1) is 5.69 Å². The molecule has 6 heteroatoms. The molecular formula is C10H7N3OS2. The van der Waals surface area contributed by atoms with Gasteiger partial charge in [-0.3, -0.25) is 0 Å². The molecule has 4 nitrogen and oxygen atoms in total. The fraction of sp³-hybridized carbons (Fsp3) is 0. The Bertz CT molecular complexity index is 542. The third kappa shape index (κ3) is 2.10. The van der Waals surface area contributed by atoms with Gasteiger partial charge in [-0.15, -0.1) is 0 Å². The van der Waals surface area contributed by atoms with Crippen molar-refractivity contribution in [1.29, 1.82) is 5.26 Å². The number of hydrogen-bond donors (Lipinski definition) is 2. The Hall–Kier alpha value is -1.71. The zero-order chi connectivity index (χ0) is 11.5. The number of rotatable bonds is 2. The van der Waals surface area contributed by atoms with E-state index in [0.29, 0.717) is 10.8 Å². The van der Waals surface area contributed by atoms with Crippen molar-refractivity contribution in [3.63, 3.8) is 0 Å². The Morgan fingerprint density at radius 3 is 2.69 bits per heavy atom. The summed E-state index contributed by atoms with van der Waals surface area (Å²) in [7, 11) is 0. The van der Waals surface area contributed by atoms with Gasteiger partial charge in [0.15, 0.2) is 5.13 Å². The van der Waals surface area contributed by atoms with Gasteiger partial charge in [-0.1, -0.05) is 11.3 Å². The van der Waals surface area contributed by atoms with Crippen LogP contribution in [0.1, 0.15) is 0 Å². The van der Waals surface area contributed by atoms with E-state index in [0.717, 1.165) is 21.5 Å². The van der Waals surface area contributed by atoms with Gasteiger partial charge in [-0.05, 0) is 24.3 Å². The van der Waals surface area contributed by atoms with Gasteiger partial charge in [0.1, 0.15) is 15.4 Å². The molecule has 0 bridgehead atoms. The van der Waals surface area contributed by atoms with Crippen LogP contribution in [0.3, 0.4) is 0 Å².